The summed E-state index contributed by atoms with van der Waals surface area (Å²) in [6.07, 6.45) is 13.6. The molecule has 0 amide bonds. The summed E-state index contributed by atoms with van der Waals surface area (Å²) in [5.74, 6) is 3.18. The van der Waals surface area contributed by atoms with Crippen molar-refractivity contribution < 1.29 is 9.26 Å². The van der Waals surface area contributed by atoms with Gasteiger partial charge in [0, 0.05) is 12.0 Å². The Morgan fingerprint density at radius 3 is 2.52 bits per heavy atom. The second kappa shape index (κ2) is 7.51. The lowest BCUT2D eigenvalue weighted by Gasteiger charge is -2.58. The maximum atomic E-state index is 6.53. The van der Waals surface area contributed by atoms with Gasteiger partial charge in [-0.1, -0.05) is 30.7 Å². The molecule has 0 aromatic carbocycles. The van der Waals surface area contributed by atoms with Crippen LogP contribution in [0.25, 0.3) is 0 Å². The Morgan fingerprint density at radius 1 is 1.07 bits per heavy atom. The van der Waals surface area contributed by atoms with E-state index < -0.39 is 8.32 Å². The Balaban J connectivity index is 1.55. The zero-order valence-electron chi connectivity index (χ0n) is 19.9. The van der Waals surface area contributed by atoms with E-state index in [0.717, 1.165) is 17.8 Å². The second-order valence-electron chi connectivity index (χ2n) is 11.9. The number of allylic oxidation sites excluding steroid dienone is 1. The molecule has 0 radical (unpaired) electrons. The predicted molar refractivity (Wildman–Crippen MR) is 124 cm³/mol. The third-order valence-electron chi connectivity index (χ3n) is 9.32. The summed E-state index contributed by atoms with van der Waals surface area (Å²) in [6.45, 7) is 14.4. The van der Waals surface area contributed by atoms with Crippen LogP contribution in [-0.4, -0.2) is 27.2 Å². The van der Waals surface area contributed by atoms with Gasteiger partial charge in [0.25, 0.3) is 0 Å². The number of hydrogen-bond acceptors (Lipinski definition) is 3. The van der Waals surface area contributed by atoms with Crippen LogP contribution in [0.1, 0.15) is 72.1 Å². The lowest BCUT2D eigenvalue weighted by Crippen LogP contribution is -2.51. The summed E-state index contributed by atoms with van der Waals surface area (Å²) in [6, 6.07) is 0. The van der Waals surface area contributed by atoms with Crippen molar-refractivity contribution in [2.75, 3.05) is 7.11 Å². The standard InChI is InChI=1S/C25H43NO2Si/c1-17(26-27-4)21-10-11-22-20-9-8-18-16-19(28-29(5,6)7)12-14-24(18,2)23(20)13-15-25(21,22)3/h8,19-23H,9-16H2,1-7H3/b26-17-/t19-,20-,21+,22-,23-,24-,25+/m0/s1. The highest BCUT2D eigenvalue weighted by molar-refractivity contribution is 6.69. The smallest absolute Gasteiger partial charge is 0.184 e. The minimum atomic E-state index is -1.46. The lowest BCUT2D eigenvalue weighted by atomic mass is 9.47. The van der Waals surface area contributed by atoms with Crippen molar-refractivity contribution in [3.05, 3.63) is 11.6 Å². The molecule has 0 heterocycles. The number of fused-ring (bicyclic) bond motifs is 5. The van der Waals surface area contributed by atoms with Crippen molar-refractivity contribution in [1.29, 1.82) is 0 Å². The molecule has 0 saturated heterocycles. The lowest BCUT2D eigenvalue weighted by molar-refractivity contribution is -0.0412. The van der Waals surface area contributed by atoms with E-state index >= 15 is 0 Å². The molecule has 3 saturated carbocycles. The third-order valence-corrected chi connectivity index (χ3v) is 10.4. The molecule has 0 N–H and O–H groups in total. The van der Waals surface area contributed by atoms with Crippen LogP contribution in [0.2, 0.25) is 19.6 Å². The Kier molecular flexibility index (Phi) is 5.60. The van der Waals surface area contributed by atoms with Crippen LogP contribution in [0.4, 0.5) is 0 Å². The molecule has 7 atom stereocenters. The molecular weight excluding hydrogens is 374 g/mol. The average Bonchev–Trinajstić information content (AvgIpc) is 2.98. The first-order chi connectivity index (χ1) is 13.6. The fraction of sp³-hybridized carbons (Fsp3) is 0.880. The van der Waals surface area contributed by atoms with E-state index in [1.807, 2.05) is 0 Å². The maximum Gasteiger partial charge on any atom is 0.184 e. The summed E-state index contributed by atoms with van der Waals surface area (Å²) >= 11 is 0. The first-order valence-corrected chi connectivity index (χ1v) is 15.4. The van der Waals surface area contributed by atoms with Crippen molar-refractivity contribution in [2.24, 2.45) is 39.7 Å². The Bertz CT molecular complexity index is 695. The predicted octanol–water partition coefficient (Wildman–Crippen LogP) is 6.81. The summed E-state index contributed by atoms with van der Waals surface area (Å²) < 4.78 is 6.53. The van der Waals surface area contributed by atoms with Crippen molar-refractivity contribution in [3.63, 3.8) is 0 Å². The van der Waals surface area contributed by atoms with Crippen LogP contribution in [0.5, 0.6) is 0 Å². The fourth-order valence-corrected chi connectivity index (χ4v) is 9.32. The number of hydrogen-bond donors (Lipinski definition) is 0. The van der Waals surface area contributed by atoms with Crippen LogP contribution in [0.15, 0.2) is 16.8 Å². The summed E-state index contributed by atoms with van der Waals surface area (Å²) in [5, 5.41) is 4.36. The highest BCUT2D eigenvalue weighted by Gasteiger charge is 2.59. The van der Waals surface area contributed by atoms with E-state index in [1.165, 1.54) is 57.1 Å². The Labute approximate surface area is 179 Å². The molecule has 0 aromatic rings. The molecule has 0 bridgehead atoms. The van der Waals surface area contributed by atoms with Gasteiger partial charge in [-0.3, -0.25) is 0 Å². The van der Waals surface area contributed by atoms with Crippen LogP contribution in [0, 0.1) is 34.5 Å². The summed E-state index contributed by atoms with van der Waals surface area (Å²) in [7, 11) is 0.224. The summed E-state index contributed by atoms with van der Waals surface area (Å²) in [5.41, 5.74) is 3.78. The molecule has 0 aliphatic heterocycles. The van der Waals surface area contributed by atoms with Gasteiger partial charge in [0.1, 0.15) is 7.11 Å². The van der Waals surface area contributed by atoms with Crippen molar-refractivity contribution in [1.82, 2.24) is 0 Å². The molecular formula is C25H43NO2Si. The highest BCUT2D eigenvalue weighted by Crippen LogP contribution is 2.66. The van der Waals surface area contributed by atoms with Gasteiger partial charge < -0.3 is 9.26 Å². The van der Waals surface area contributed by atoms with Crippen LogP contribution < -0.4 is 0 Å². The van der Waals surface area contributed by atoms with E-state index in [0.29, 0.717) is 22.9 Å². The van der Waals surface area contributed by atoms with E-state index in [-0.39, 0.29) is 0 Å². The van der Waals surface area contributed by atoms with Gasteiger partial charge in [-0.2, -0.15) is 0 Å². The zero-order valence-corrected chi connectivity index (χ0v) is 20.9. The van der Waals surface area contributed by atoms with Gasteiger partial charge in [-0.25, -0.2) is 0 Å². The van der Waals surface area contributed by atoms with Crippen LogP contribution in [-0.2, 0) is 9.26 Å². The molecule has 0 unspecified atom stereocenters. The molecule has 0 spiro atoms. The van der Waals surface area contributed by atoms with Crippen LogP contribution in [0.3, 0.4) is 0 Å². The number of oxime groups is 1. The van der Waals surface area contributed by atoms with E-state index in [1.54, 1.807) is 12.7 Å². The van der Waals surface area contributed by atoms with Crippen molar-refractivity contribution in [2.45, 2.75) is 97.9 Å². The van der Waals surface area contributed by atoms with Gasteiger partial charge in [0.2, 0.25) is 0 Å². The maximum absolute atomic E-state index is 6.53. The highest BCUT2D eigenvalue weighted by atomic mass is 28.4. The topological polar surface area (TPSA) is 30.8 Å². The minimum Gasteiger partial charge on any atom is -0.414 e. The fourth-order valence-electron chi connectivity index (χ4n) is 8.12. The molecule has 4 heteroatoms. The number of nitrogens with zero attached hydrogens (tertiary/aromatic N) is 1. The molecule has 29 heavy (non-hydrogen) atoms. The zero-order chi connectivity index (χ0) is 21.0. The van der Waals surface area contributed by atoms with Gasteiger partial charge >= 0.3 is 0 Å². The molecule has 4 aliphatic carbocycles. The van der Waals surface area contributed by atoms with Crippen molar-refractivity contribution in [3.8, 4) is 0 Å². The quantitative estimate of drug-likeness (QED) is 0.218. The van der Waals surface area contributed by atoms with Gasteiger partial charge in [-0.15, -0.1) is 0 Å². The van der Waals surface area contributed by atoms with Crippen molar-refractivity contribution >= 4 is 14.0 Å². The largest absolute Gasteiger partial charge is 0.414 e. The minimum absolute atomic E-state index is 0.410. The monoisotopic (exact) mass is 417 g/mol. The molecule has 3 nitrogen and oxygen atoms in total. The molecule has 3 fully saturated rings. The Hall–Kier alpha value is -0.613. The first kappa shape index (κ1) is 21.6. The Morgan fingerprint density at radius 2 is 1.83 bits per heavy atom. The van der Waals surface area contributed by atoms with E-state index in [9.17, 15) is 0 Å². The second-order valence-corrected chi connectivity index (χ2v) is 16.4. The van der Waals surface area contributed by atoms with Gasteiger partial charge in [0.05, 0.1) is 5.71 Å². The number of rotatable bonds is 4. The first-order valence-electron chi connectivity index (χ1n) is 12.0. The molecule has 0 aromatic heterocycles. The molecule has 164 valence electrons. The van der Waals surface area contributed by atoms with E-state index in [2.05, 4.69) is 51.6 Å². The average molecular weight is 418 g/mol. The molecule has 4 rings (SSSR count). The SMILES string of the molecule is CO/N=C(/C)[C@H]1CC[C@H]2[C@@H]3CC=C4C[C@@H](O[Si](C)(C)C)CC[C@]4(C)[C@H]3CC[C@]12C. The van der Waals surface area contributed by atoms with Crippen LogP contribution >= 0.6 is 0 Å². The third kappa shape index (κ3) is 3.67. The van der Waals surface area contributed by atoms with E-state index in [4.69, 9.17) is 9.26 Å². The summed E-state index contributed by atoms with van der Waals surface area (Å²) in [4.78, 5) is 5.15. The van der Waals surface area contributed by atoms with Gasteiger partial charge in [0.15, 0.2) is 8.32 Å². The normalized spacial score (nSPS) is 45.1. The molecule has 4 aliphatic rings. The van der Waals surface area contributed by atoms with Gasteiger partial charge in [-0.05, 0) is 107 Å².